The fourth-order valence-corrected chi connectivity index (χ4v) is 8.20. The molecule has 37 heavy (non-hydrogen) atoms. The van der Waals surface area contributed by atoms with Gasteiger partial charge in [0, 0.05) is 44.6 Å². The van der Waals surface area contributed by atoms with Crippen molar-refractivity contribution in [1.82, 2.24) is 33.8 Å². The van der Waals surface area contributed by atoms with Crippen LogP contribution in [0, 0.1) is 6.92 Å². The quantitative estimate of drug-likeness (QED) is 0.384. The summed E-state index contributed by atoms with van der Waals surface area (Å²) in [5.74, 6) is 0.585. The molecule has 0 atom stereocenters. The molecule has 0 spiro atoms. The standard InChI is InChI=1S/C25H30N8O2S2/c1-17-11-22(36-25(17)37(34,35)32-9-4-3-5-10-32)30-23-24-27-14-21(19-13-28-31(2)15-19)33(24)16-20(29-23)18-7-6-8-26-12-18/h7,11,13-16,26H,3-6,8-10,12H2,1-2H3,(H,29,30). The van der Waals surface area contributed by atoms with Gasteiger partial charge in [0.25, 0.3) is 10.0 Å². The number of piperidine rings is 1. The minimum absolute atomic E-state index is 0.391. The summed E-state index contributed by atoms with van der Waals surface area (Å²) in [5.41, 5.74) is 5.24. The van der Waals surface area contributed by atoms with Crippen LogP contribution in [0.3, 0.4) is 0 Å². The lowest BCUT2D eigenvalue weighted by atomic mass is 10.1. The maximum Gasteiger partial charge on any atom is 0.252 e. The van der Waals surface area contributed by atoms with Gasteiger partial charge in [-0.1, -0.05) is 12.5 Å². The summed E-state index contributed by atoms with van der Waals surface area (Å²) in [7, 11) is -1.63. The molecule has 4 aromatic rings. The number of fused-ring (bicyclic) bond motifs is 1. The smallest absolute Gasteiger partial charge is 0.252 e. The highest BCUT2D eigenvalue weighted by molar-refractivity contribution is 7.91. The Kier molecular flexibility index (Phi) is 6.35. The third-order valence-electron chi connectivity index (χ3n) is 6.85. The maximum absolute atomic E-state index is 13.4. The second-order valence-electron chi connectivity index (χ2n) is 9.58. The van der Waals surface area contributed by atoms with E-state index in [1.165, 1.54) is 11.3 Å². The first kappa shape index (κ1) is 24.3. The first-order valence-electron chi connectivity index (χ1n) is 12.5. The number of aryl methyl sites for hydroxylation is 2. The van der Waals surface area contributed by atoms with Crippen LogP contribution in [0.2, 0.25) is 0 Å². The Balaban J connectivity index is 1.41. The van der Waals surface area contributed by atoms with Gasteiger partial charge >= 0.3 is 0 Å². The summed E-state index contributed by atoms with van der Waals surface area (Å²) in [6.07, 6.45) is 13.7. The van der Waals surface area contributed by atoms with Gasteiger partial charge in [0.1, 0.15) is 4.21 Å². The fraction of sp³-hybridized carbons (Fsp3) is 0.400. The topological polar surface area (TPSA) is 109 Å². The average Bonchev–Trinajstić information content (AvgIpc) is 3.63. The maximum atomic E-state index is 13.4. The van der Waals surface area contributed by atoms with Crippen LogP contribution in [0.25, 0.3) is 22.5 Å². The minimum Gasteiger partial charge on any atom is -0.329 e. The molecule has 0 amide bonds. The predicted octanol–water partition coefficient (Wildman–Crippen LogP) is 3.79. The number of thiophene rings is 1. The molecule has 10 nitrogen and oxygen atoms in total. The van der Waals surface area contributed by atoms with E-state index in [0.29, 0.717) is 28.8 Å². The van der Waals surface area contributed by atoms with Crippen molar-refractivity contribution in [3.63, 3.8) is 0 Å². The summed E-state index contributed by atoms with van der Waals surface area (Å²) < 4.78 is 32.5. The zero-order chi connectivity index (χ0) is 25.6. The third-order valence-corrected chi connectivity index (χ3v) is 10.5. The highest BCUT2D eigenvalue weighted by atomic mass is 32.2. The molecule has 194 valence electrons. The number of imidazole rings is 1. The van der Waals surface area contributed by atoms with E-state index in [0.717, 1.165) is 71.9 Å². The molecule has 0 aliphatic carbocycles. The number of anilines is 2. The highest BCUT2D eigenvalue weighted by Crippen LogP contribution is 2.36. The average molecular weight is 539 g/mol. The number of nitrogens with zero attached hydrogens (tertiary/aromatic N) is 6. The molecule has 6 heterocycles. The number of sulfonamides is 1. The Morgan fingerprint density at radius 2 is 1.97 bits per heavy atom. The van der Waals surface area contributed by atoms with Gasteiger partial charge in [0.05, 0.1) is 28.8 Å². The summed E-state index contributed by atoms with van der Waals surface area (Å²) >= 11 is 1.25. The van der Waals surface area contributed by atoms with E-state index in [-0.39, 0.29) is 0 Å². The van der Waals surface area contributed by atoms with Crippen LogP contribution >= 0.6 is 11.3 Å². The van der Waals surface area contributed by atoms with E-state index in [1.54, 1.807) is 8.99 Å². The van der Waals surface area contributed by atoms with Crippen LogP contribution in [0.15, 0.2) is 41.1 Å². The molecule has 12 heteroatoms. The van der Waals surface area contributed by atoms with Gasteiger partial charge < -0.3 is 10.6 Å². The second kappa shape index (κ2) is 9.67. The Morgan fingerprint density at radius 1 is 1.14 bits per heavy atom. The van der Waals surface area contributed by atoms with Gasteiger partial charge in [-0.15, -0.1) is 11.3 Å². The predicted molar refractivity (Wildman–Crippen MR) is 146 cm³/mol. The Bertz CT molecular complexity index is 1590. The monoisotopic (exact) mass is 538 g/mol. The molecule has 2 aliphatic rings. The van der Waals surface area contributed by atoms with Gasteiger partial charge in [-0.3, -0.25) is 9.08 Å². The largest absolute Gasteiger partial charge is 0.329 e. The Hall–Kier alpha value is -3.06. The van der Waals surface area contributed by atoms with Crippen molar-refractivity contribution in [2.24, 2.45) is 7.05 Å². The molecule has 0 bridgehead atoms. The number of nitrogens with one attached hydrogen (secondary N) is 2. The number of rotatable bonds is 6. The molecule has 0 aromatic carbocycles. The van der Waals surface area contributed by atoms with Crippen LogP contribution in [-0.2, 0) is 17.1 Å². The molecule has 0 unspecified atom stereocenters. The van der Waals surface area contributed by atoms with E-state index >= 15 is 0 Å². The van der Waals surface area contributed by atoms with Gasteiger partial charge in [-0.2, -0.15) is 9.40 Å². The molecule has 4 aromatic heterocycles. The van der Waals surface area contributed by atoms with E-state index in [9.17, 15) is 8.42 Å². The van der Waals surface area contributed by atoms with Crippen LogP contribution < -0.4 is 10.6 Å². The summed E-state index contributed by atoms with van der Waals surface area (Å²) in [6.45, 7) is 4.71. The third kappa shape index (κ3) is 4.58. The van der Waals surface area contributed by atoms with E-state index in [2.05, 4.69) is 26.8 Å². The van der Waals surface area contributed by atoms with Crippen LogP contribution in [0.1, 0.15) is 36.9 Å². The van der Waals surface area contributed by atoms with Gasteiger partial charge in [0.15, 0.2) is 11.5 Å². The Morgan fingerprint density at radius 3 is 2.70 bits per heavy atom. The molecular weight excluding hydrogens is 508 g/mol. The van der Waals surface area contributed by atoms with E-state index < -0.39 is 10.0 Å². The van der Waals surface area contributed by atoms with Crippen molar-refractivity contribution in [1.29, 1.82) is 0 Å². The lowest BCUT2D eigenvalue weighted by Gasteiger charge is -2.25. The van der Waals surface area contributed by atoms with Crippen molar-refractivity contribution in [2.75, 3.05) is 31.5 Å². The van der Waals surface area contributed by atoms with Crippen molar-refractivity contribution in [2.45, 2.75) is 36.8 Å². The zero-order valence-electron chi connectivity index (χ0n) is 20.9. The summed E-state index contributed by atoms with van der Waals surface area (Å²) in [6, 6.07) is 1.89. The number of aromatic nitrogens is 5. The van der Waals surface area contributed by atoms with Crippen molar-refractivity contribution < 1.29 is 8.42 Å². The molecular formula is C25H30N8O2S2. The van der Waals surface area contributed by atoms with Crippen molar-refractivity contribution >= 4 is 43.4 Å². The lowest BCUT2D eigenvalue weighted by Crippen LogP contribution is -2.35. The SMILES string of the molecule is Cc1cc(Nc2nc(C3=CCCNC3)cn3c(-c4cnn(C)c4)cnc23)sc1S(=O)(=O)N1CCCCC1. The molecule has 6 rings (SSSR count). The minimum atomic E-state index is -3.52. The van der Waals surface area contributed by atoms with Crippen LogP contribution in [-0.4, -0.2) is 63.1 Å². The van der Waals surface area contributed by atoms with Crippen molar-refractivity contribution in [3.8, 4) is 11.3 Å². The molecule has 0 saturated carbocycles. The zero-order valence-corrected chi connectivity index (χ0v) is 22.6. The summed E-state index contributed by atoms with van der Waals surface area (Å²) in [4.78, 5) is 9.63. The summed E-state index contributed by atoms with van der Waals surface area (Å²) in [5, 5.41) is 11.9. The van der Waals surface area contributed by atoms with E-state index in [4.69, 9.17) is 4.98 Å². The molecule has 1 saturated heterocycles. The van der Waals surface area contributed by atoms with Gasteiger partial charge in [-0.25, -0.2) is 18.4 Å². The molecule has 1 fully saturated rings. The van der Waals surface area contributed by atoms with Crippen molar-refractivity contribution in [3.05, 3.63) is 48.2 Å². The molecule has 0 radical (unpaired) electrons. The molecule has 2 aliphatic heterocycles. The fourth-order valence-electron chi connectivity index (χ4n) is 4.96. The van der Waals surface area contributed by atoms with Gasteiger partial charge in [0.2, 0.25) is 0 Å². The van der Waals surface area contributed by atoms with Crippen LogP contribution in [0.5, 0.6) is 0 Å². The van der Waals surface area contributed by atoms with Gasteiger partial charge in [-0.05, 0) is 49.9 Å². The highest BCUT2D eigenvalue weighted by Gasteiger charge is 2.29. The first-order chi connectivity index (χ1) is 17.9. The van der Waals surface area contributed by atoms with Crippen LogP contribution in [0.4, 0.5) is 10.8 Å². The normalized spacial score (nSPS) is 17.3. The number of hydrogen-bond donors (Lipinski definition) is 2. The first-order valence-corrected chi connectivity index (χ1v) is 14.8. The van der Waals surface area contributed by atoms with E-state index in [1.807, 2.05) is 49.2 Å². The lowest BCUT2D eigenvalue weighted by molar-refractivity contribution is 0.347. The molecule has 2 N–H and O–H groups in total. The Labute approximate surface area is 220 Å². The second-order valence-corrected chi connectivity index (χ2v) is 12.8. The number of hydrogen-bond acceptors (Lipinski definition) is 8.